The van der Waals surface area contributed by atoms with Crippen molar-refractivity contribution >= 4 is 72.5 Å². The lowest BCUT2D eigenvalue weighted by atomic mass is 9.92. The summed E-state index contributed by atoms with van der Waals surface area (Å²) in [5.41, 5.74) is -0.119. The largest absolute Gasteiger partial charge is 0.469 e. The normalized spacial score (nSPS) is 17.4. The zero-order valence-corrected chi connectivity index (χ0v) is 23.3. The van der Waals surface area contributed by atoms with E-state index in [1.165, 1.54) is 28.8 Å². The van der Waals surface area contributed by atoms with E-state index in [1.807, 2.05) is 24.3 Å². The lowest BCUT2D eigenvalue weighted by molar-refractivity contribution is -0.140. The highest BCUT2D eigenvalue weighted by Crippen LogP contribution is 2.44. The molecule has 2 aromatic carbocycles. The maximum atomic E-state index is 14.0. The number of nitrogens with zero attached hydrogens (tertiary/aromatic N) is 3. The number of hydrogen-bond acceptors (Lipinski definition) is 6. The molecule has 190 valence electrons. The van der Waals surface area contributed by atoms with Gasteiger partial charge in [-0.15, -0.1) is 0 Å². The standard InChI is InChI=1S/C24H22BrCl2N3O5S/c1-24(13-15-5-7-16(25)8-6-15)22(32)29(19-11-17(26)10-18(27)12-19)23-28-14-20(30(23)24)36(33,34)9-3-4-21(31)35-2/h5-8,10-12,14H,3-4,9,13H2,1-2H3/t24-/m1/s1. The average molecular weight is 615 g/mol. The Morgan fingerprint density at radius 3 is 2.39 bits per heavy atom. The summed E-state index contributed by atoms with van der Waals surface area (Å²) in [7, 11) is -2.66. The maximum absolute atomic E-state index is 14.0. The number of anilines is 2. The Morgan fingerprint density at radius 1 is 1.14 bits per heavy atom. The number of amides is 1. The van der Waals surface area contributed by atoms with Gasteiger partial charge in [0.1, 0.15) is 5.54 Å². The van der Waals surface area contributed by atoms with Gasteiger partial charge in [0.25, 0.3) is 5.91 Å². The highest BCUT2D eigenvalue weighted by Gasteiger charge is 2.51. The van der Waals surface area contributed by atoms with E-state index in [1.54, 1.807) is 19.1 Å². The Kier molecular flexibility index (Phi) is 7.52. The molecule has 0 unspecified atom stereocenters. The third-order valence-electron chi connectivity index (χ3n) is 5.98. The lowest BCUT2D eigenvalue weighted by Crippen LogP contribution is -2.42. The predicted octanol–water partition coefficient (Wildman–Crippen LogP) is 5.32. The first-order valence-electron chi connectivity index (χ1n) is 10.9. The van der Waals surface area contributed by atoms with Crippen LogP contribution < -0.4 is 4.90 Å². The number of benzene rings is 2. The molecule has 8 nitrogen and oxygen atoms in total. The highest BCUT2D eigenvalue weighted by molar-refractivity contribution is 9.10. The Balaban J connectivity index is 1.83. The molecule has 0 bridgehead atoms. The Bertz CT molecular complexity index is 1420. The van der Waals surface area contributed by atoms with E-state index in [2.05, 4.69) is 25.7 Å². The van der Waals surface area contributed by atoms with Gasteiger partial charge in [0.05, 0.1) is 24.7 Å². The minimum atomic E-state index is -3.91. The number of esters is 1. The van der Waals surface area contributed by atoms with Crippen LogP contribution in [0.4, 0.5) is 11.6 Å². The first-order valence-corrected chi connectivity index (χ1v) is 14.1. The van der Waals surface area contributed by atoms with Gasteiger partial charge in [-0.1, -0.05) is 51.3 Å². The van der Waals surface area contributed by atoms with Gasteiger partial charge in [0, 0.05) is 27.4 Å². The molecule has 1 aliphatic heterocycles. The minimum Gasteiger partial charge on any atom is -0.469 e. The zero-order chi connectivity index (χ0) is 26.3. The molecule has 3 aromatic rings. The topological polar surface area (TPSA) is 98.6 Å². The molecule has 0 saturated carbocycles. The molecule has 0 spiro atoms. The second-order valence-corrected chi connectivity index (χ2v) is 12.4. The van der Waals surface area contributed by atoms with E-state index in [-0.39, 0.29) is 41.9 Å². The van der Waals surface area contributed by atoms with Crippen molar-refractivity contribution in [3.63, 3.8) is 0 Å². The molecular formula is C24H22BrCl2N3O5S. The summed E-state index contributed by atoms with van der Waals surface area (Å²) in [6, 6.07) is 12.1. The van der Waals surface area contributed by atoms with Crippen LogP contribution in [0.1, 0.15) is 25.3 Å². The van der Waals surface area contributed by atoms with Crippen molar-refractivity contribution in [2.24, 2.45) is 0 Å². The fraction of sp³-hybridized carbons (Fsp3) is 0.292. The van der Waals surface area contributed by atoms with Crippen LogP contribution in [0.25, 0.3) is 0 Å². The average Bonchev–Trinajstić information content (AvgIpc) is 3.33. The molecule has 0 aliphatic carbocycles. The van der Waals surface area contributed by atoms with Crippen molar-refractivity contribution in [1.29, 1.82) is 0 Å². The second-order valence-electron chi connectivity index (χ2n) is 8.58. The summed E-state index contributed by atoms with van der Waals surface area (Å²) >= 11 is 15.8. The molecule has 1 aliphatic rings. The summed E-state index contributed by atoms with van der Waals surface area (Å²) in [4.78, 5) is 31.1. The van der Waals surface area contributed by atoms with Crippen LogP contribution in [-0.4, -0.2) is 42.7 Å². The third kappa shape index (κ3) is 5.04. The number of ether oxygens (including phenoxy) is 1. The quantitative estimate of drug-likeness (QED) is 0.319. The molecule has 36 heavy (non-hydrogen) atoms. The fourth-order valence-corrected chi connectivity index (χ4v) is 6.55. The van der Waals surface area contributed by atoms with Crippen LogP contribution in [0.2, 0.25) is 10.0 Å². The first kappa shape index (κ1) is 26.7. The van der Waals surface area contributed by atoms with Gasteiger partial charge in [-0.2, -0.15) is 0 Å². The summed E-state index contributed by atoms with van der Waals surface area (Å²) in [5, 5.41) is 0.534. The van der Waals surface area contributed by atoms with Gasteiger partial charge in [0.15, 0.2) is 14.9 Å². The molecule has 1 aromatic heterocycles. The number of rotatable bonds is 8. The SMILES string of the molecule is COC(=O)CCCS(=O)(=O)c1cnc2n1[C@](C)(Cc1ccc(Br)cc1)C(=O)N2c1cc(Cl)cc(Cl)c1. The number of hydrogen-bond donors (Lipinski definition) is 0. The van der Waals surface area contributed by atoms with Gasteiger partial charge >= 0.3 is 5.97 Å². The Labute approximate surface area is 227 Å². The third-order valence-corrected chi connectivity index (χ3v) is 8.69. The molecule has 0 saturated heterocycles. The number of carbonyl (C=O) groups is 2. The molecular weight excluding hydrogens is 593 g/mol. The van der Waals surface area contributed by atoms with Crippen molar-refractivity contribution in [3.05, 3.63) is 68.7 Å². The zero-order valence-electron chi connectivity index (χ0n) is 19.4. The van der Waals surface area contributed by atoms with E-state index in [4.69, 9.17) is 23.2 Å². The number of sulfone groups is 1. The van der Waals surface area contributed by atoms with Crippen molar-refractivity contribution in [2.75, 3.05) is 17.8 Å². The van der Waals surface area contributed by atoms with Crippen LogP contribution >= 0.6 is 39.1 Å². The smallest absolute Gasteiger partial charge is 0.305 e. The highest BCUT2D eigenvalue weighted by atomic mass is 79.9. The van der Waals surface area contributed by atoms with Gasteiger partial charge in [-0.05, 0) is 49.2 Å². The van der Waals surface area contributed by atoms with Crippen LogP contribution in [0.3, 0.4) is 0 Å². The number of halogens is 3. The van der Waals surface area contributed by atoms with Crippen LogP contribution in [-0.2, 0) is 36.1 Å². The minimum absolute atomic E-state index is 0.0427. The second kappa shape index (κ2) is 10.2. The van der Waals surface area contributed by atoms with Gasteiger partial charge < -0.3 is 4.74 Å². The summed E-state index contributed by atoms with van der Waals surface area (Å²) in [5.74, 6) is -1.04. The van der Waals surface area contributed by atoms with Crippen molar-refractivity contribution in [2.45, 2.75) is 36.8 Å². The molecule has 1 atom stereocenters. The van der Waals surface area contributed by atoms with Crippen molar-refractivity contribution in [3.8, 4) is 0 Å². The van der Waals surface area contributed by atoms with E-state index in [0.29, 0.717) is 15.7 Å². The Morgan fingerprint density at radius 2 is 1.78 bits per heavy atom. The van der Waals surface area contributed by atoms with Crippen LogP contribution in [0, 0.1) is 0 Å². The molecule has 0 radical (unpaired) electrons. The molecule has 12 heteroatoms. The number of methoxy groups -OCH3 is 1. The monoisotopic (exact) mass is 613 g/mol. The van der Waals surface area contributed by atoms with E-state index < -0.39 is 21.3 Å². The van der Waals surface area contributed by atoms with Crippen LogP contribution in [0.5, 0.6) is 0 Å². The molecule has 2 heterocycles. The summed E-state index contributed by atoms with van der Waals surface area (Å²) in [6.45, 7) is 1.68. The van der Waals surface area contributed by atoms with Gasteiger partial charge in [-0.25, -0.2) is 18.3 Å². The van der Waals surface area contributed by atoms with Gasteiger partial charge in [0.2, 0.25) is 5.95 Å². The van der Waals surface area contributed by atoms with E-state index >= 15 is 0 Å². The maximum Gasteiger partial charge on any atom is 0.305 e. The Hall–Kier alpha value is -2.40. The van der Waals surface area contributed by atoms with Crippen molar-refractivity contribution < 1.29 is 22.7 Å². The first-order chi connectivity index (χ1) is 17.0. The summed E-state index contributed by atoms with van der Waals surface area (Å²) < 4.78 is 33.7. The molecule has 0 fully saturated rings. The molecule has 4 rings (SSSR count). The lowest BCUT2D eigenvalue weighted by Gasteiger charge is -2.26. The van der Waals surface area contributed by atoms with E-state index in [0.717, 1.165) is 10.0 Å². The summed E-state index contributed by atoms with van der Waals surface area (Å²) in [6.07, 6.45) is 1.48. The van der Waals surface area contributed by atoms with Crippen molar-refractivity contribution in [1.82, 2.24) is 9.55 Å². The fourth-order valence-electron chi connectivity index (χ4n) is 4.26. The molecule has 1 amide bonds. The van der Waals surface area contributed by atoms with Crippen LogP contribution in [0.15, 0.2) is 58.2 Å². The van der Waals surface area contributed by atoms with Gasteiger partial charge in [-0.3, -0.25) is 14.2 Å². The van der Waals surface area contributed by atoms with E-state index in [9.17, 15) is 18.0 Å². The number of aromatic nitrogens is 2. The number of carbonyl (C=O) groups excluding carboxylic acids is 2. The molecule has 0 N–H and O–H groups in total. The number of fused-ring (bicyclic) bond motifs is 1. The predicted molar refractivity (Wildman–Crippen MR) is 141 cm³/mol. The number of imidazole rings is 1.